The molecule has 0 aliphatic rings. The maximum absolute atomic E-state index is 6.38. The molecule has 0 saturated heterocycles. The Kier molecular flexibility index (Phi) is 6.20. The molecule has 2 nitrogen and oxygen atoms in total. The van der Waals surface area contributed by atoms with Crippen molar-refractivity contribution in [3.8, 4) is 33.6 Å². The number of nitrogens with zero attached hydrogens (tertiary/aromatic N) is 1. The molecule has 0 saturated carbocycles. The lowest BCUT2D eigenvalue weighted by Gasteiger charge is -2.29. The number of para-hydroxylation sites is 3. The summed E-state index contributed by atoms with van der Waals surface area (Å²) in [7, 11) is 0. The van der Waals surface area contributed by atoms with Crippen molar-refractivity contribution in [2.45, 2.75) is 0 Å². The van der Waals surface area contributed by atoms with Gasteiger partial charge < -0.3 is 9.32 Å². The molecule has 0 atom stereocenters. The standard InChI is InChI=1S/C38H27NO/c1-3-13-28(14-4-1)29-23-25-32(26-24-29)39(35-20-10-8-18-33(35)30-15-5-2-6-16-30)36-21-11-9-19-34(36)38-27-31-17-7-12-22-37(31)40-38/h1-27H. The summed E-state index contributed by atoms with van der Waals surface area (Å²) >= 11 is 0. The van der Waals surface area contributed by atoms with Gasteiger partial charge in [-0.25, -0.2) is 0 Å². The molecule has 0 spiro atoms. The second-order valence-corrected chi connectivity index (χ2v) is 9.80. The molecule has 40 heavy (non-hydrogen) atoms. The Balaban J connectivity index is 1.44. The quantitative estimate of drug-likeness (QED) is 0.220. The molecule has 0 aliphatic carbocycles. The zero-order chi connectivity index (χ0) is 26.7. The van der Waals surface area contributed by atoms with Crippen LogP contribution >= 0.6 is 0 Å². The van der Waals surface area contributed by atoms with E-state index in [9.17, 15) is 0 Å². The van der Waals surface area contributed by atoms with E-state index in [1.54, 1.807) is 0 Å². The Morgan fingerprint density at radius 2 is 0.925 bits per heavy atom. The lowest BCUT2D eigenvalue weighted by molar-refractivity contribution is 0.631. The summed E-state index contributed by atoms with van der Waals surface area (Å²) in [5.41, 5.74) is 9.87. The van der Waals surface area contributed by atoms with Crippen molar-refractivity contribution in [2.24, 2.45) is 0 Å². The van der Waals surface area contributed by atoms with Crippen LogP contribution in [-0.2, 0) is 0 Å². The molecule has 0 bridgehead atoms. The lowest BCUT2D eigenvalue weighted by Crippen LogP contribution is -2.12. The highest BCUT2D eigenvalue weighted by Crippen LogP contribution is 2.45. The highest BCUT2D eigenvalue weighted by Gasteiger charge is 2.21. The number of benzene rings is 6. The third-order valence-corrected chi connectivity index (χ3v) is 7.30. The fourth-order valence-corrected chi connectivity index (χ4v) is 5.36. The van der Waals surface area contributed by atoms with Gasteiger partial charge in [-0.3, -0.25) is 0 Å². The summed E-state index contributed by atoms with van der Waals surface area (Å²) in [6, 6.07) is 57.3. The van der Waals surface area contributed by atoms with Crippen molar-refractivity contribution in [3.05, 3.63) is 164 Å². The molecule has 1 aromatic heterocycles. The Hall–Kier alpha value is -5.34. The van der Waals surface area contributed by atoms with Crippen molar-refractivity contribution >= 4 is 28.0 Å². The molecule has 1 heterocycles. The van der Waals surface area contributed by atoms with Gasteiger partial charge in [-0.2, -0.15) is 0 Å². The number of hydrogen-bond donors (Lipinski definition) is 0. The molecular formula is C38H27NO. The minimum Gasteiger partial charge on any atom is -0.456 e. The van der Waals surface area contributed by atoms with Gasteiger partial charge in [-0.1, -0.05) is 121 Å². The predicted molar refractivity (Wildman–Crippen MR) is 167 cm³/mol. The normalized spacial score (nSPS) is 11.0. The van der Waals surface area contributed by atoms with Crippen LogP contribution in [0.25, 0.3) is 44.5 Å². The van der Waals surface area contributed by atoms with Crippen LogP contribution in [0.1, 0.15) is 0 Å². The second-order valence-electron chi connectivity index (χ2n) is 9.80. The summed E-state index contributed by atoms with van der Waals surface area (Å²) in [6.07, 6.45) is 0. The number of rotatable bonds is 6. The molecule has 0 N–H and O–H groups in total. The zero-order valence-corrected chi connectivity index (χ0v) is 21.9. The van der Waals surface area contributed by atoms with E-state index < -0.39 is 0 Å². The number of furan rings is 1. The molecule has 7 aromatic rings. The van der Waals surface area contributed by atoms with E-state index >= 15 is 0 Å². The van der Waals surface area contributed by atoms with Crippen LogP contribution in [0, 0.1) is 0 Å². The van der Waals surface area contributed by atoms with Gasteiger partial charge >= 0.3 is 0 Å². The first kappa shape index (κ1) is 23.8. The first-order chi connectivity index (χ1) is 19.8. The van der Waals surface area contributed by atoms with Crippen molar-refractivity contribution < 1.29 is 4.42 Å². The van der Waals surface area contributed by atoms with Crippen LogP contribution in [0.4, 0.5) is 17.1 Å². The van der Waals surface area contributed by atoms with Crippen molar-refractivity contribution in [2.75, 3.05) is 4.90 Å². The lowest BCUT2D eigenvalue weighted by atomic mass is 10.00. The molecule has 190 valence electrons. The van der Waals surface area contributed by atoms with Crippen molar-refractivity contribution in [1.29, 1.82) is 0 Å². The highest BCUT2D eigenvalue weighted by molar-refractivity contribution is 5.94. The van der Waals surface area contributed by atoms with Crippen LogP contribution in [0.15, 0.2) is 168 Å². The average Bonchev–Trinajstić information content (AvgIpc) is 3.47. The van der Waals surface area contributed by atoms with Crippen LogP contribution in [-0.4, -0.2) is 0 Å². The first-order valence-corrected chi connectivity index (χ1v) is 13.5. The average molecular weight is 514 g/mol. The Morgan fingerprint density at radius 1 is 0.400 bits per heavy atom. The van der Waals surface area contributed by atoms with E-state index in [1.807, 2.05) is 18.2 Å². The first-order valence-electron chi connectivity index (χ1n) is 13.5. The van der Waals surface area contributed by atoms with E-state index in [0.29, 0.717) is 0 Å². The molecule has 0 radical (unpaired) electrons. The SMILES string of the molecule is c1ccc(-c2ccc(N(c3ccccc3-c3ccccc3)c3ccccc3-c3cc4ccccc4o3)cc2)cc1. The predicted octanol–water partition coefficient (Wildman–Crippen LogP) is 10.9. The highest BCUT2D eigenvalue weighted by atomic mass is 16.3. The molecule has 7 rings (SSSR count). The number of fused-ring (bicyclic) bond motifs is 1. The van der Waals surface area contributed by atoms with Gasteiger partial charge in [0.15, 0.2) is 0 Å². The van der Waals surface area contributed by atoms with Gasteiger partial charge in [0.2, 0.25) is 0 Å². The smallest absolute Gasteiger partial charge is 0.137 e. The zero-order valence-electron chi connectivity index (χ0n) is 21.9. The monoisotopic (exact) mass is 513 g/mol. The van der Waals surface area contributed by atoms with Crippen LogP contribution in [0.5, 0.6) is 0 Å². The van der Waals surface area contributed by atoms with Crippen molar-refractivity contribution in [1.82, 2.24) is 0 Å². The van der Waals surface area contributed by atoms with Gasteiger partial charge in [0, 0.05) is 22.2 Å². The summed E-state index contributed by atoms with van der Waals surface area (Å²) in [6.45, 7) is 0. The van der Waals surface area contributed by atoms with Gasteiger partial charge in [0.1, 0.15) is 11.3 Å². The van der Waals surface area contributed by atoms with E-state index in [1.165, 1.54) is 16.7 Å². The minimum absolute atomic E-state index is 0.847. The maximum atomic E-state index is 6.38. The second kappa shape index (κ2) is 10.4. The number of hydrogen-bond acceptors (Lipinski definition) is 2. The van der Waals surface area contributed by atoms with Gasteiger partial charge in [0.25, 0.3) is 0 Å². The minimum atomic E-state index is 0.847. The van der Waals surface area contributed by atoms with Crippen molar-refractivity contribution in [3.63, 3.8) is 0 Å². The molecule has 6 aromatic carbocycles. The molecule has 0 unspecified atom stereocenters. The summed E-state index contributed by atoms with van der Waals surface area (Å²) in [4.78, 5) is 2.35. The molecule has 2 heteroatoms. The van der Waals surface area contributed by atoms with E-state index in [0.717, 1.165) is 44.9 Å². The third-order valence-electron chi connectivity index (χ3n) is 7.30. The molecule has 0 amide bonds. The Bertz CT molecular complexity index is 1850. The van der Waals surface area contributed by atoms with Crippen LogP contribution in [0.3, 0.4) is 0 Å². The maximum Gasteiger partial charge on any atom is 0.137 e. The largest absolute Gasteiger partial charge is 0.456 e. The van der Waals surface area contributed by atoms with E-state index in [2.05, 4.69) is 150 Å². The van der Waals surface area contributed by atoms with Gasteiger partial charge in [-0.15, -0.1) is 0 Å². The van der Waals surface area contributed by atoms with Gasteiger partial charge in [0.05, 0.1) is 11.4 Å². The van der Waals surface area contributed by atoms with E-state index in [-0.39, 0.29) is 0 Å². The van der Waals surface area contributed by atoms with Crippen LogP contribution in [0.2, 0.25) is 0 Å². The van der Waals surface area contributed by atoms with Gasteiger partial charge in [-0.05, 0) is 59.2 Å². The molecular weight excluding hydrogens is 486 g/mol. The number of anilines is 3. The summed E-state index contributed by atoms with van der Waals surface area (Å²) in [5.74, 6) is 0.847. The third kappa shape index (κ3) is 4.46. The molecule has 0 aliphatic heterocycles. The topological polar surface area (TPSA) is 16.4 Å². The Labute approximate surface area is 234 Å². The fraction of sp³-hybridized carbons (Fsp3) is 0. The molecule has 0 fully saturated rings. The fourth-order valence-electron chi connectivity index (χ4n) is 5.36. The van der Waals surface area contributed by atoms with E-state index in [4.69, 9.17) is 4.42 Å². The Morgan fingerprint density at radius 3 is 1.62 bits per heavy atom. The summed E-state index contributed by atoms with van der Waals surface area (Å²) < 4.78 is 6.38. The van der Waals surface area contributed by atoms with Crippen LogP contribution < -0.4 is 4.90 Å². The summed E-state index contributed by atoms with van der Waals surface area (Å²) in [5, 5.41) is 1.09.